The fraction of sp³-hybridized carbons (Fsp3) is 0.312. The first-order chi connectivity index (χ1) is 9.70. The van der Waals surface area contributed by atoms with Gasteiger partial charge in [0.15, 0.2) is 0 Å². The van der Waals surface area contributed by atoms with Crippen LogP contribution in [0.15, 0.2) is 35.0 Å². The van der Waals surface area contributed by atoms with Crippen LogP contribution in [0, 0.1) is 6.92 Å². The summed E-state index contributed by atoms with van der Waals surface area (Å²) >= 11 is 1.71. The topological polar surface area (TPSA) is 43.8 Å². The molecular formula is C16H19N3S. The molecule has 0 bridgehead atoms. The number of para-hydroxylation sites is 2. The second-order valence-electron chi connectivity index (χ2n) is 5.08. The summed E-state index contributed by atoms with van der Waals surface area (Å²) in [6.45, 7) is 5.19. The molecule has 0 spiro atoms. The third-order valence-electron chi connectivity index (χ3n) is 3.75. The molecule has 0 saturated carbocycles. The summed E-state index contributed by atoms with van der Waals surface area (Å²) in [6.07, 6.45) is 0.778. The van der Waals surface area contributed by atoms with Crippen molar-refractivity contribution < 1.29 is 0 Å². The van der Waals surface area contributed by atoms with E-state index in [9.17, 15) is 0 Å². The van der Waals surface area contributed by atoms with Gasteiger partial charge in [0.2, 0.25) is 0 Å². The zero-order valence-electron chi connectivity index (χ0n) is 11.8. The number of nitrogens with two attached hydrogens (primary N) is 1. The fourth-order valence-electron chi connectivity index (χ4n) is 2.69. The molecule has 3 rings (SSSR count). The Balaban J connectivity index is 1.96. The van der Waals surface area contributed by atoms with E-state index in [4.69, 9.17) is 10.7 Å². The third-order valence-corrected chi connectivity index (χ3v) is 4.63. The first kappa shape index (κ1) is 13.3. The van der Waals surface area contributed by atoms with Crippen molar-refractivity contribution in [2.24, 2.45) is 5.73 Å². The van der Waals surface area contributed by atoms with Gasteiger partial charge in [-0.25, -0.2) is 4.98 Å². The minimum absolute atomic E-state index is 0.0170. The summed E-state index contributed by atoms with van der Waals surface area (Å²) in [6, 6.07) is 8.29. The lowest BCUT2D eigenvalue weighted by Crippen LogP contribution is -2.16. The number of fused-ring (bicyclic) bond motifs is 1. The predicted molar refractivity (Wildman–Crippen MR) is 85.1 cm³/mol. The second-order valence-corrected chi connectivity index (χ2v) is 5.83. The molecule has 4 heteroatoms. The van der Waals surface area contributed by atoms with Gasteiger partial charge in [0, 0.05) is 19.0 Å². The number of hydrogen-bond donors (Lipinski definition) is 1. The maximum absolute atomic E-state index is 6.37. The summed E-state index contributed by atoms with van der Waals surface area (Å²) in [5.41, 5.74) is 11.1. The van der Waals surface area contributed by atoms with Crippen molar-refractivity contribution in [2.75, 3.05) is 0 Å². The van der Waals surface area contributed by atoms with Gasteiger partial charge >= 0.3 is 0 Å². The molecule has 0 aliphatic heterocycles. The van der Waals surface area contributed by atoms with Gasteiger partial charge in [-0.2, -0.15) is 11.3 Å². The molecule has 0 saturated heterocycles. The molecule has 0 aliphatic carbocycles. The fourth-order valence-corrected chi connectivity index (χ4v) is 3.61. The zero-order valence-corrected chi connectivity index (χ0v) is 12.7. The Morgan fingerprint density at radius 1 is 1.30 bits per heavy atom. The van der Waals surface area contributed by atoms with E-state index in [2.05, 4.69) is 47.4 Å². The van der Waals surface area contributed by atoms with E-state index in [0.29, 0.717) is 0 Å². The Morgan fingerprint density at radius 3 is 2.80 bits per heavy atom. The standard InChI is InChI=1S/C16H19N3S/c1-3-19-15-7-5-4-6-14(15)18-16(19)8-13(17)12-10-20-9-11(12)2/h4-7,9-10,13H,3,8,17H2,1-2H3. The van der Waals surface area contributed by atoms with Gasteiger partial charge in [0.25, 0.3) is 0 Å². The first-order valence-electron chi connectivity index (χ1n) is 6.93. The van der Waals surface area contributed by atoms with Gasteiger partial charge in [-0.05, 0) is 47.9 Å². The average molecular weight is 285 g/mol. The maximum atomic E-state index is 6.37. The molecular weight excluding hydrogens is 266 g/mol. The highest BCUT2D eigenvalue weighted by Crippen LogP contribution is 2.24. The number of aryl methyl sites for hydroxylation is 2. The molecule has 3 nitrogen and oxygen atoms in total. The van der Waals surface area contributed by atoms with Crippen molar-refractivity contribution in [1.29, 1.82) is 0 Å². The number of aromatic nitrogens is 2. The molecule has 2 heterocycles. The van der Waals surface area contributed by atoms with Crippen LogP contribution in [0.25, 0.3) is 11.0 Å². The van der Waals surface area contributed by atoms with Gasteiger partial charge < -0.3 is 10.3 Å². The van der Waals surface area contributed by atoms with E-state index >= 15 is 0 Å². The van der Waals surface area contributed by atoms with Crippen molar-refractivity contribution in [3.05, 3.63) is 52.0 Å². The van der Waals surface area contributed by atoms with Crippen LogP contribution >= 0.6 is 11.3 Å². The summed E-state index contributed by atoms with van der Waals surface area (Å²) in [7, 11) is 0. The molecule has 104 valence electrons. The van der Waals surface area contributed by atoms with Gasteiger partial charge in [-0.1, -0.05) is 12.1 Å². The van der Waals surface area contributed by atoms with Gasteiger partial charge in [-0.3, -0.25) is 0 Å². The van der Waals surface area contributed by atoms with Crippen molar-refractivity contribution >= 4 is 22.4 Å². The Hall–Kier alpha value is -1.65. The molecule has 0 aliphatic rings. The molecule has 1 aromatic carbocycles. The number of imidazole rings is 1. The number of nitrogens with zero attached hydrogens (tertiary/aromatic N) is 2. The van der Waals surface area contributed by atoms with Gasteiger partial charge in [0.1, 0.15) is 5.82 Å². The Bertz CT molecular complexity index is 726. The van der Waals surface area contributed by atoms with Crippen molar-refractivity contribution in [1.82, 2.24) is 9.55 Å². The summed E-state index contributed by atoms with van der Waals surface area (Å²) in [4.78, 5) is 4.75. The normalized spacial score (nSPS) is 12.9. The predicted octanol–water partition coefficient (Wildman–Crippen LogP) is 3.67. The van der Waals surface area contributed by atoms with E-state index < -0.39 is 0 Å². The molecule has 3 aromatic rings. The van der Waals surface area contributed by atoms with Crippen LogP contribution in [0.1, 0.15) is 29.9 Å². The monoisotopic (exact) mass is 285 g/mol. The summed E-state index contributed by atoms with van der Waals surface area (Å²) in [5, 5.41) is 4.30. The molecule has 2 aromatic heterocycles. The van der Waals surface area contributed by atoms with E-state index in [0.717, 1.165) is 24.3 Å². The minimum Gasteiger partial charge on any atom is -0.328 e. The SMILES string of the molecule is CCn1c(CC(N)c2cscc2C)nc2ccccc21. The van der Waals surface area contributed by atoms with Crippen LogP contribution in [-0.4, -0.2) is 9.55 Å². The van der Waals surface area contributed by atoms with Crippen LogP contribution in [0.4, 0.5) is 0 Å². The van der Waals surface area contributed by atoms with Crippen molar-refractivity contribution in [3.8, 4) is 0 Å². The highest BCUT2D eigenvalue weighted by molar-refractivity contribution is 7.08. The second kappa shape index (κ2) is 5.38. The lowest BCUT2D eigenvalue weighted by molar-refractivity contribution is 0.636. The average Bonchev–Trinajstić information content (AvgIpc) is 3.01. The Kier molecular flexibility index (Phi) is 3.59. The number of thiophene rings is 1. The van der Waals surface area contributed by atoms with E-state index in [-0.39, 0.29) is 6.04 Å². The van der Waals surface area contributed by atoms with Gasteiger partial charge in [0.05, 0.1) is 11.0 Å². The van der Waals surface area contributed by atoms with E-state index in [1.165, 1.54) is 16.6 Å². The molecule has 0 amide bonds. The Morgan fingerprint density at radius 2 is 2.10 bits per heavy atom. The molecule has 1 unspecified atom stereocenters. The quantitative estimate of drug-likeness (QED) is 0.795. The van der Waals surface area contributed by atoms with Crippen LogP contribution in [0.2, 0.25) is 0 Å². The van der Waals surface area contributed by atoms with Crippen LogP contribution in [0.3, 0.4) is 0 Å². The van der Waals surface area contributed by atoms with Crippen molar-refractivity contribution in [3.63, 3.8) is 0 Å². The first-order valence-corrected chi connectivity index (χ1v) is 7.87. The molecule has 0 fully saturated rings. The molecule has 1 atom stereocenters. The zero-order chi connectivity index (χ0) is 14.1. The van der Waals surface area contributed by atoms with Crippen molar-refractivity contribution in [2.45, 2.75) is 32.9 Å². The molecule has 20 heavy (non-hydrogen) atoms. The smallest absolute Gasteiger partial charge is 0.111 e. The van der Waals surface area contributed by atoms with Crippen LogP contribution < -0.4 is 5.73 Å². The largest absolute Gasteiger partial charge is 0.328 e. The lowest BCUT2D eigenvalue weighted by Gasteiger charge is -2.12. The van der Waals surface area contributed by atoms with E-state index in [1.54, 1.807) is 11.3 Å². The summed E-state index contributed by atoms with van der Waals surface area (Å²) in [5.74, 6) is 1.08. The van der Waals surface area contributed by atoms with E-state index in [1.807, 2.05) is 6.07 Å². The maximum Gasteiger partial charge on any atom is 0.111 e. The highest BCUT2D eigenvalue weighted by Gasteiger charge is 2.15. The number of benzene rings is 1. The minimum atomic E-state index is 0.0170. The molecule has 0 radical (unpaired) electrons. The van der Waals surface area contributed by atoms with Gasteiger partial charge in [-0.15, -0.1) is 0 Å². The summed E-state index contributed by atoms with van der Waals surface area (Å²) < 4.78 is 2.26. The lowest BCUT2D eigenvalue weighted by atomic mass is 10.0. The highest BCUT2D eigenvalue weighted by atomic mass is 32.1. The molecule has 2 N–H and O–H groups in total. The van der Waals surface area contributed by atoms with Crippen LogP contribution in [0.5, 0.6) is 0 Å². The number of rotatable bonds is 4. The Labute approximate surface area is 123 Å². The number of hydrogen-bond acceptors (Lipinski definition) is 3. The van der Waals surface area contributed by atoms with Crippen LogP contribution in [-0.2, 0) is 13.0 Å². The third kappa shape index (κ3) is 2.25.